The molecule has 0 aliphatic carbocycles. The Balaban J connectivity index is 2.61. The van der Waals surface area contributed by atoms with E-state index in [4.69, 9.17) is 18.0 Å². The Labute approximate surface area is 107 Å². The highest BCUT2D eigenvalue weighted by molar-refractivity contribution is 7.71. The molecular weight excluding hydrogens is 256 g/mol. The van der Waals surface area contributed by atoms with E-state index in [1.165, 1.54) is 11.5 Å². The Morgan fingerprint density at radius 1 is 1.29 bits per heavy atom. The molecule has 0 bridgehead atoms. The standard InChI is InChI=1S/C9H12N6S2/c1-9(2,3)5-4(17-15-14-5)6-11-7(10)13-8(16)12-6/h1-3H3,(H3,10,11,12,13,16). The van der Waals surface area contributed by atoms with Gasteiger partial charge in [0.15, 0.2) is 5.82 Å². The number of hydrogen-bond donors (Lipinski definition) is 2. The number of hydrogen-bond acceptors (Lipinski definition) is 7. The van der Waals surface area contributed by atoms with Crippen LogP contribution in [0.4, 0.5) is 5.95 Å². The number of nitrogen functional groups attached to an aromatic ring is 1. The molecule has 0 aromatic carbocycles. The van der Waals surface area contributed by atoms with Gasteiger partial charge in [0.1, 0.15) is 4.88 Å². The van der Waals surface area contributed by atoms with Gasteiger partial charge in [0.25, 0.3) is 0 Å². The van der Waals surface area contributed by atoms with Crippen molar-refractivity contribution in [2.45, 2.75) is 26.2 Å². The zero-order valence-corrected chi connectivity index (χ0v) is 11.3. The molecule has 0 fully saturated rings. The van der Waals surface area contributed by atoms with Crippen molar-refractivity contribution < 1.29 is 0 Å². The second-order valence-electron chi connectivity index (χ2n) is 4.57. The van der Waals surface area contributed by atoms with E-state index in [1.807, 2.05) is 0 Å². The van der Waals surface area contributed by atoms with E-state index in [0.29, 0.717) is 5.82 Å². The Bertz CT molecular complexity index is 594. The number of rotatable bonds is 1. The van der Waals surface area contributed by atoms with Crippen LogP contribution in [0.3, 0.4) is 0 Å². The second-order valence-corrected chi connectivity index (χ2v) is 5.68. The molecule has 2 aromatic heterocycles. The molecule has 0 aliphatic rings. The number of aromatic nitrogens is 5. The maximum atomic E-state index is 5.62. The van der Waals surface area contributed by atoms with E-state index in [0.717, 1.165) is 10.6 Å². The van der Waals surface area contributed by atoms with Crippen LogP contribution in [0, 0.1) is 4.77 Å². The smallest absolute Gasteiger partial charge is 0.224 e. The molecule has 0 radical (unpaired) electrons. The van der Waals surface area contributed by atoms with Crippen molar-refractivity contribution >= 4 is 29.7 Å². The van der Waals surface area contributed by atoms with Gasteiger partial charge in [-0.3, -0.25) is 0 Å². The Kier molecular flexibility index (Phi) is 2.92. The number of nitrogens with zero attached hydrogens (tertiary/aromatic N) is 4. The van der Waals surface area contributed by atoms with Gasteiger partial charge in [0, 0.05) is 5.41 Å². The lowest BCUT2D eigenvalue weighted by Gasteiger charge is -2.15. The third kappa shape index (κ3) is 2.47. The van der Waals surface area contributed by atoms with Crippen molar-refractivity contribution in [1.82, 2.24) is 24.5 Å². The van der Waals surface area contributed by atoms with Crippen LogP contribution in [0.15, 0.2) is 0 Å². The first-order chi connectivity index (χ1) is 7.88. The van der Waals surface area contributed by atoms with Crippen LogP contribution >= 0.6 is 23.8 Å². The van der Waals surface area contributed by atoms with E-state index in [9.17, 15) is 0 Å². The molecule has 0 amide bonds. The van der Waals surface area contributed by atoms with Crippen molar-refractivity contribution in [3.05, 3.63) is 10.5 Å². The monoisotopic (exact) mass is 268 g/mol. The van der Waals surface area contributed by atoms with Crippen LogP contribution in [-0.4, -0.2) is 24.5 Å². The van der Waals surface area contributed by atoms with Gasteiger partial charge in [-0.25, -0.2) is 0 Å². The van der Waals surface area contributed by atoms with E-state index in [-0.39, 0.29) is 16.1 Å². The SMILES string of the molecule is CC(C)(C)c1nnsc1-c1nc(=S)nc(N)[nH]1. The normalized spacial score (nSPS) is 11.7. The van der Waals surface area contributed by atoms with Crippen molar-refractivity contribution in [2.75, 3.05) is 5.73 Å². The van der Waals surface area contributed by atoms with Crippen molar-refractivity contribution in [2.24, 2.45) is 0 Å². The van der Waals surface area contributed by atoms with Crippen LogP contribution in [0.2, 0.25) is 0 Å². The first kappa shape index (κ1) is 12.1. The lowest BCUT2D eigenvalue weighted by atomic mass is 9.91. The van der Waals surface area contributed by atoms with E-state index in [1.54, 1.807) is 0 Å². The van der Waals surface area contributed by atoms with Crippen LogP contribution < -0.4 is 5.73 Å². The van der Waals surface area contributed by atoms with Gasteiger partial charge in [0.05, 0.1) is 5.69 Å². The van der Waals surface area contributed by atoms with Gasteiger partial charge in [-0.15, -0.1) is 5.10 Å². The minimum Gasteiger partial charge on any atom is -0.369 e. The zero-order valence-electron chi connectivity index (χ0n) is 9.68. The van der Waals surface area contributed by atoms with Gasteiger partial charge in [0.2, 0.25) is 10.7 Å². The maximum Gasteiger partial charge on any atom is 0.224 e. The summed E-state index contributed by atoms with van der Waals surface area (Å²) in [7, 11) is 0. The van der Waals surface area contributed by atoms with Crippen LogP contribution in [0.1, 0.15) is 26.5 Å². The molecule has 0 aliphatic heterocycles. The molecule has 0 saturated carbocycles. The fourth-order valence-corrected chi connectivity index (χ4v) is 2.36. The highest BCUT2D eigenvalue weighted by Gasteiger charge is 2.24. The van der Waals surface area contributed by atoms with E-state index < -0.39 is 0 Å². The molecular formula is C9H12N6S2. The first-order valence-corrected chi connectivity index (χ1v) is 6.13. The fourth-order valence-electron chi connectivity index (χ4n) is 1.35. The molecule has 3 N–H and O–H groups in total. The topological polar surface area (TPSA) is 93.4 Å². The van der Waals surface area contributed by atoms with Crippen LogP contribution in [0.5, 0.6) is 0 Å². The Hall–Kier alpha value is -1.41. The highest BCUT2D eigenvalue weighted by atomic mass is 32.1. The summed E-state index contributed by atoms with van der Waals surface area (Å²) >= 11 is 6.20. The molecule has 0 saturated heterocycles. The minimum absolute atomic E-state index is 0.114. The van der Waals surface area contributed by atoms with E-state index >= 15 is 0 Å². The fraction of sp³-hybridized carbons (Fsp3) is 0.444. The van der Waals surface area contributed by atoms with E-state index in [2.05, 4.69) is 45.3 Å². The maximum absolute atomic E-state index is 5.62. The molecule has 2 rings (SSSR count). The average Bonchev–Trinajstić information content (AvgIpc) is 2.63. The summed E-state index contributed by atoms with van der Waals surface area (Å²) < 4.78 is 4.17. The minimum atomic E-state index is -0.114. The molecule has 6 nitrogen and oxygen atoms in total. The third-order valence-corrected chi connectivity index (χ3v) is 3.00. The largest absolute Gasteiger partial charge is 0.369 e. The van der Waals surface area contributed by atoms with Gasteiger partial charge in [-0.1, -0.05) is 25.3 Å². The quantitative estimate of drug-likeness (QED) is 0.768. The van der Waals surface area contributed by atoms with Gasteiger partial charge in [-0.05, 0) is 23.8 Å². The van der Waals surface area contributed by atoms with Gasteiger partial charge < -0.3 is 10.7 Å². The van der Waals surface area contributed by atoms with Crippen LogP contribution in [-0.2, 0) is 5.41 Å². The summed E-state index contributed by atoms with van der Waals surface area (Å²) in [6, 6.07) is 0. The molecule has 17 heavy (non-hydrogen) atoms. The van der Waals surface area contributed by atoms with Gasteiger partial charge >= 0.3 is 0 Å². The second kappa shape index (κ2) is 4.11. The molecule has 0 atom stereocenters. The number of aromatic amines is 1. The number of nitrogens with one attached hydrogen (secondary N) is 1. The molecule has 2 heterocycles. The van der Waals surface area contributed by atoms with Gasteiger partial charge in [-0.2, -0.15) is 9.97 Å². The lowest BCUT2D eigenvalue weighted by molar-refractivity contribution is 0.568. The Morgan fingerprint density at radius 2 is 2.00 bits per heavy atom. The third-order valence-electron chi connectivity index (χ3n) is 2.08. The summed E-state index contributed by atoms with van der Waals surface area (Å²) in [6.45, 7) is 6.19. The summed E-state index contributed by atoms with van der Waals surface area (Å²) in [4.78, 5) is 11.7. The van der Waals surface area contributed by atoms with Crippen molar-refractivity contribution in [3.8, 4) is 10.7 Å². The van der Waals surface area contributed by atoms with Crippen LogP contribution in [0.25, 0.3) is 10.7 Å². The predicted octanol–water partition coefficient (Wildman–Crippen LogP) is 1.93. The Morgan fingerprint density at radius 3 is 2.59 bits per heavy atom. The van der Waals surface area contributed by atoms with Crippen molar-refractivity contribution in [1.29, 1.82) is 0 Å². The summed E-state index contributed by atoms with van der Waals surface area (Å²) in [6.07, 6.45) is 0. The number of H-pyrrole nitrogens is 1. The highest BCUT2D eigenvalue weighted by Crippen LogP contribution is 2.31. The summed E-state index contributed by atoms with van der Waals surface area (Å²) in [5.41, 5.74) is 6.37. The summed E-state index contributed by atoms with van der Waals surface area (Å²) in [5, 5.41) is 4.14. The lowest BCUT2D eigenvalue weighted by Crippen LogP contribution is -2.13. The molecule has 90 valence electrons. The summed E-state index contributed by atoms with van der Waals surface area (Å²) in [5.74, 6) is 0.815. The number of nitrogens with two attached hydrogens (primary N) is 1. The average molecular weight is 268 g/mol. The number of anilines is 1. The van der Waals surface area contributed by atoms with Crippen molar-refractivity contribution in [3.63, 3.8) is 0 Å². The molecule has 8 heteroatoms. The molecule has 0 unspecified atom stereocenters. The first-order valence-electron chi connectivity index (χ1n) is 4.95. The predicted molar refractivity (Wildman–Crippen MR) is 69.2 cm³/mol. The molecule has 0 spiro atoms. The zero-order chi connectivity index (χ0) is 12.6. The molecule has 2 aromatic rings.